The van der Waals surface area contributed by atoms with Crippen LogP contribution in [0.2, 0.25) is 0 Å². The van der Waals surface area contributed by atoms with Crippen molar-refractivity contribution in [1.29, 1.82) is 0 Å². The number of hydrogen-bond acceptors (Lipinski definition) is 3. The molecule has 4 unspecified atom stereocenters. The molecule has 0 aromatic carbocycles. The Hall–Kier alpha value is -0.0400. The van der Waals surface area contributed by atoms with Gasteiger partial charge in [0.05, 0.1) is 22.7 Å². The quantitative estimate of drug-likeness (QED) is 0.467. The fourth-order valence-corrected chi connectivity index (χ4v) is 4.82. The molecule has 5 heteroatoms. The third kappa shape index (κ3) is 5.76. The van der Waals surface area contributed by atoms with E-state index in [-0.39, 0.29) is 12.2 Å². The lowest BCUT2D eigenvalue weighted by molar-refractivity contribution is -0.0588. The molecule has 0 aromatic heterocycles. The summed E-state index contributed by atoms with van der Waals surface area (Å²) in [6, 6.07) is 0. The van der Waals surface area contributed by atoms with Gasteiger partial charge in [-0.05, 0) is 51.4 Å². The molecular formula is C18H32INO3. The Morgan fingerprint density at radius 3 is 2.43 bits per heavy atom. The van der Waals surface area contributed by atoms with Gasteiger partial charge in [-0.25, -0.2) is 4.79 Å². The van der Waals surface area contributed by atoms with Gasteiger partial charge in [0.2, 0.25) is 0 Å². The van der Waals surface area contributed by atoms with Gasteiger partial charge in [-0.2, -0.15) is 0 Å². The molecule has 1 aliphatic heterocycles. The lowest BCUT2D eigenvalue weighted by Gasteiger charge is -2.40. The number of alkyl halides is 1. The topological polar surface area (TPSA) is 38.8 Å². The highest BCUT2D eigenvalue weighted by atomic mass is 127. The minimum Gasteiger partial charge on any atom is -0.444 e. The summed E-state index contributed by atoms with van der Waals surface area (Å²) in [6.45, 7) is 14.1. The van der Waals surface area contributed by atoms with Crippen LogP contribution in [-0.4, -0.2) is 45.8 Å². The van der Waals surface area contributed by atoms with E-state index < -0.39 is 5.60 Å². The molecule has 2 fully saturated rings. The van der Waals surface area contributed by atoms with Gasteiger partial charge in [-0.15, -0.1) is 0 Å². The molecule has 2 rings (SSSR count). The standard InChI is InChI=1S/C18H32INO3/c1-12-7-13(9-18(5,6)8-12)22-15-11-20(10-14(15)19)16(21)23-17(2,3)4/h12-15H,7-11H2,1-6H3. The molecule has 0 spiro atoms. The monoisotopic (exact) mass is 437 g/mol. The van der Waals surface area contributed by atoms with Gasteiger partial charge in [0.15, 0.2) is 0 Å². The molecule has 1 amide bonds. The molecule has 0 radical (unpaired) electrons. The highest BCUT2D eigenvalue weighted by molar-refractivity contribution is 14.1. The number of ether oxygens (including phenoxy) is 2. The van der Waals surface area contributed by atoms with E-state index in [1.807, 2.05) is 20.8 Å². The molecule has 1 saturated heterocycles. The predicted molar refractivity (Wildman–Crippen MR) is 101 cm³/mol. The van der Waals surface area contributed by atoms with Gasteiger partial charge < -0.3 is 14.4 Å². The Labute approximate surface area is 154 Å². The smallest absolute Gasteiger partial charge is 0.410 e. The first-order valence-electron chi connectivity index (χ1n) is 8.73. The number of carbonyl (C=O) groups is 1. The van der Waals surface area contributed by atoms with E-state index in [0.29, 0.717) is 34.5 Å². The third-order valence-electron chi connectivity index (χ3n) is 4.56. The maximum Gasteiger partial charge on any atom is 0.410 e. The second kappa shape index (κ2) is 7.06. The lowest BCUT2D eigenvalue weighted by atomic mass is 9.71. The van der Waals surface area contributed by atoms with Crippen molar-refractivity contribution in [3.63, 3.8) is 0 Å². The summed E-state index contributed by atoms with van der Waals surface area (Å²) in [5.41, 5.74) is -0.0911. The average Bonchev–Trinajstić information content (AvgIpc) is 2.66. The molecule has 4 atom stereocenters. The molecule has 0 N–H and O–H groups in total. The largest absolute Gasteiger partial charge is 0.444 e. The van der Waals surface area contributed by atoms with Crippen molar-refractivity contribution < 1.29 is 14.3 Å². The van der Waals surface area contributed by atoms with Crippen molar-refractivity contribution in [3.05, 3.63) is 0 Å². The van der Waals surface area contributed by atoms with E-state index in [2.05, 4.69) is 43.4 Å². The van der Waals surface area contributed by atoms with Gasteiger partial charge in [0.25, 0.3) is 0 Å². The van der Waals surface area contributed by atoms with E-state index in [4.69, 9.17) is 9.47 Å². The molecule has 4 nitrogen and oxygen atoms in total. The molecule has 2 aliphatic rings. The highest BCUT2D eigenvalue weighted by Gasteiger charge is 2.40. The van der Waals surface area contributed by atoms with Crippen molar-refractivity contribution in [1.82, 2.24) is 4.90 Å². The van der Waals surface area contributed by atoms with Gasteiger partial charge in [0.1, 0.15) is 5.60 Å². The summed E-state index contributed by atoms with van der Waals surface area (Å²) in [7, 11) is 0. The van der Waals surface area contributed by atoms with E-state index in [1.54, 1.807) is 4.90 Å². The number of rotatable bonds is 2. The molecule has 1 heterocycles. The summed E-state index contributed by atoms with van der Waals surface area (Å²) in [5.74, 6) is 0.708. The average molecular weight is 437 g/mol. The molecule has 1 saturated carbocycles. The fraction of sp³-hybridized carbons (Fsp3) is 0.944. The van der Waals surface area contributed by atoms with Crippen molar-refractivity contribution in [2.75, 3.05) is 13.1 Å². The maximum absolute atomic E-state index is 12.2. The van der Waals surface area contributed by atoms with Crippen molar-refractivity contribution in [3.8, 4) is 0 Å². The van der Waals surface area contributed by atoms with Gasteiger partial charge in [-0.1, -0.05) is 43.4 Å². The third-order valence-corrected chi connectivity index (χ3v) is 5.76. The van der Waals surface area contributed by atoms with Gasteiger partial charge in [-0.3, -0.25) is 0 Å². The predicted octanol–water partition coefficient (Wildman–Crippen LogP) is 4.64. The summed E-state index contributed by atoms with van der Waals surface area (Å²) < 4.78 is 12.2. The summed E-state index contributed by atoms with van der Waals surface area (Å²) in [6.07, 6.45) is 3.74. The second-order valence-corrected chi connectivity index (χ2v) is 10.7. The molecular weight excluding hydrogens is 405 g/mol. The zero-order valence-electron chi connectivity index (χ0n) is 15.4. The van der Waals surface area contributed by atoms with Crippen molar-refractivity contribution in [2.24, 2.45) is 11.3 Å². The van der Waals surface area contributed by atoms with Crippen molar-refractivity contribution in [2.45, 2.75) is 82.5 Å². The zero-order valence-corrected chi connectivity index (χ0v) is 17.6. The Morgan fingerprint density at radius 2 is 1.87 bits per heavy atom. The number of amides is 1. The van der Waals surface area contributed by atoms with E-state index >= 15 is 0 Å². The molecule has 134 valence electrons. The SMILES string of the molecule is CC1CC(OC2CN(C(=O)OC(C)(C)C)CC2I)CC(C)(C)C1. The first kappa shape index (κ1) is 19.3. The van der Waals surface area contributed by atoms with Crippen LogP contribution >= 0.6 is 22.6 Å². The fourth-order valence-electron chi connectivity index (χ4n) is 3.95. The van der Waals surface area contributed by atoms with Crippen molar-refractivity contribution >= 4 is 28.7 Å². The van der Waals surface area contributed by atoms with Crippen LogP contribution < -0.4 is 0 Å². The molecule has 23 heavy (non-hydrogen) atoms. The van der Waals surface area contributed by atoms with Crippen LogP contribution in [0.5, 0.6) is 0 Å². The first-order chi connectivity index (χ1) is 10.5. The number of halogens is 1. The van der Waals surface area contributed by atoms with Gasteiger partial charge in [0, 0.05) is 6.54 Å². The molecule has 0 aromatic rings. The lowest BCUT2D eigenvalue weighted by Crippen LogP contribution is -2.38. The van der Waals surface area contributed by atoms with Crippen LogP contribution in [0.3, 0.4) is 0 Å². The highest BCUT2D eigenvalue weighted by Crippen LogP contribution is 2.40. The number of carbonyl (C=O) groups excluding carboxylic acids is 1. The normalized spacial score (nSPS) is 34.5. The van der Waals surface area contributed by atoms with Crippen LogP contribution in [0.1, 0.15) is 60.8 Å². The summed E-state index contributed by atoms with van der Waals surface area (Å²) in [5, 5.41) is 0. The molecule has 0 bridgehead atoms. The Kier molecular flexibility index (Phi) is 5.92. The first-order valence-corrected chi connectivity index (χ1v) is 9.97. The maximum atomic E-state index is 12.2. The van der Waals surface area contributed by atoms with Crippen LogP contribution in [0.15, 0.2) is 0 Å². The minimum absolute atomic E-state index is 0.120. The van der Waals surface area contributed by atoms with Crippen LogP contribution in [-0.2, 0) is 9.47 Å². The summed E-state index contributed by atoms with van der Waals surface area (Å²) >= 11 is 2.42. The van der Waals surface area contributed by atoms with Crippen LogP contribution in [0, 0.1) is 11.3 Å². The zero-order chi connectivity index (χ0) is 17.4. The molecule has 1 aliphatic carbocycles. The van der Waals surface area contributed by atoms with E-state index in [9.17, 15) is 4.79 Å². The van der Waals surface area contributed by atoms with E-state index in [1.165, 1.54) is 6.42 Å². The van der Waals surface area contributed by atoms with Gasteiger partial charge >= 0.3 is 6.09 Å². The number of hydrogen-bond donors (Lipinski definition) is 0. The van der Waals surface area contributed by atoms with Crippen LogP contribution in [0.25, 0.3) is 0 Å². The van der Waals surface area contributed by atoms with E-state index in [0.717, 1.165) is 12.8 Å². The van der Waals surface area contributed by atoms with Crippen LogP contribution in [0.4, 0.5) is 4.79 Å². The number of nitrogens with zero attached hydrogens (tertiary/aromatic N) is 1. The number of likely N-dealkylation sites (tertiary alicyclic amines) is 1. The minimum atomic E-state index is -0.445. The summed E-state index contributed by atoms with van der Waals surface area (Å²) in [4.78, 5) is 14.0. The second-order valence-electron chi connectivity index (χ2n) is 9.11. The Morgan fingerprint density at radius 1 is 1.22 bits per heavy atom. The Bertz CT molecular complexity index is 432. The Balaban J connectivity index is 1.90.